The van der Waals surface area contributed by atoms with Gasteiger partial charge in [-0.05, 0) is 42.0 Å². The summed E-state index contributed by atoms with van der Waals surface area (Å²) in [6.45, 7) is 4.10. The number of halogens is 1. The number of nitrogens with zero attached hydrogens (tertiary/aromatic N) is 4. The topological polar surface area (TPSA) is 58.4 Å². The molecule has 1 fully saturated rings. The minimum absolute atomic E-state index is 0.0595. The first-order chi connectivity index (χ1) is 16.6. The van der Waals surface area contributed by atoms with Crippen molar-refractivity contribution >= 4 is 28.1 Å². The van der Waals surface area contributed by atoms with Crippen molar-refractivity contribution in [2.24, 2.45) is 0 Å². The van der Waals surface area contributed by atoms with Crippen molar-refractivity contribution in [2.45, 2.75) is 19.5 Å². The molecule has 0 atom stereocenters. The second-order valence-corrected chi connectivity index (χ2v) is 9.61. The van der Waals surface area contributed by atoms with Crippen LogP contribution in [-0.2, 0) is 17.9 Å². The van der Waals surface area contributed by atoms with E-state index in [1.54, 1.807) is 29.5 Å². The van der Waals surface area contributed by atoms with Crippen molar-refractivity contribution in [3.8, 4) is 10.4 Å². The normalized spacial score (nSPS) is 14.6. The third-order valence-corrected chi connectivity index (χ3v) is 7.29. The molecule has 5 rings (SSSR count). The fourth-order valence-electron chi connectivity index (χ4n) is 4.28. The fourth-order valence-corrected chi connectivity index (χ4v) is 5.32. The monoisotopic (exact) mass is 476 g/mol. The van der Waals surface area contributed by atoms with Crippen molar-refractivity contribution in [3.05, 3.63) is 88.0 Å². The van der Waals surface area contributed by atoms with Gasteiger partial charge in [0, 0.05) is 55.4 Å². The molecule has 0 N–H and O–H groups in total. The highest BCUT2D eigenvalue weighted by molar-refractivity contribution is 7.15. The lowest BCUT2D eigenvalue weighted by molar-refractivity contribution is -0.133. The number of carbonyl (C=O) groups is 1. The Hall–Kier alpha value is -3.36. The van der Waals surface area contributed by atoms with E-state index >= 15 is 0 Å². The summed E-state index contributed by atoms with van der Waals surface area (Å²) in [5.41, 5.74) is 1.45. The van der Waals surface area contributed by atoms with Crippen LogP contribution in [0.2, 0.25) is 0 Å². The first-order valence-electron chi connectivity index (χ1n) is 11.4. The van der Waals surface area contributed by atoms with Crippen LogP contribution in [0.25, 0.3) is 21.3 Å². The SMILES string of the molecule is O=C(CCn1cnc2ccccc2c1=O)N1CCN(Cc2ccc(-c3cccc(F)c3)s2)CC1. The molecule has 1 amide bonds. The van der Waals surface area contributed by atoms with Crippen LogP contribution < -0.4 is 5.56 Å². The van der Waals surface area contributed by atoms with E-state index in [-0.39, 0.29) is 23.7 Å². The van der Waals surface area contributed by atoms with Gasteiger partial charge in [0.1, 0.15) is 5.82 Å². The Morgan fingerprint density at radius 3 is 2.65 bits per heavy atom. The van der Waals surface area contributed by atoms with Gasteiger partial charge in [0.15, 0.2) is 0 Å². The van der Waals surface area contributed by atoms with Crippen LogP contribution in [0.3, 0.4) is 0 Å². The Kier molecular flexibility index (Phi) is 6.51. The van der Waals surface area contributed by atoms with Gasteiger partial charge in [-0.25, -0.2) is 9.37 Å². The fraction of sp³-hybridized carbons (Fsp3) is 0.269. The number of hydrogen-bond acceptors (Lipinski definition) is 5. The average molecular weight is 477 g/mol. The second kappa shape index (κ2) is 9.87. The standard InChI is InChI=1S/C26H25FN4O2S/c27-20-5-3-4-19(16-20)24-9-8-21(34-24)17-29-12-14-30(15-13-29)25(32)10-11-31-18-28-23-7-2-1-6-22(23)26(31)33/h1-9,16,18H,10-15,17H2. The summed E-state index contributed by atoms with van der Waals surface area (Å²) in [4.78, 5) is 36.2. The number of carbonyl (C=O) groups excluding carboxylic acids is 1. The number of fused-ring (bicyclic) bond motifs is 1. The first kappa shape index (κ1) is 22.4. The van der Waals surface area contributed by atoms with Crippen LogP contribution in [0.5, 0.6) is 0 Å². The third-order valence-electron chi connectivity index (χ3n) is 6.17. The van der Waals surface area contributed by atoms with Gasteiger partial charge >= 0.3 is 0 Å². The highest BCUT2D eigenvalue weighted by Gasteiger charge is 2.21. The van der Waals surface area contributed by atoms with E-state index in [1.807, 2.05) is 35.2 Å². The zero-order valence-electron chi connectivity index (χ0n) is 18.7. The Labute approximate surface area is 200 Å². The lowest BCUT2D eigenvalue weighted by atomic mass is 10.2. The Morgan fingerprint density at radius 1 is 1.00 bits per heavy atom. The van der Waals surface area contributed by atoms with Crippen molar-refractivity contribution in [3.63, 3.8) is 0 Å². The molecular weight excluding hydrogens is 451 g/mol. The zero-order valence-corrected chi connectivity index (χ0v) is 19.5. The second-order valence-electron chi connectivity index (χ2n) is 8.44. The maximum Gasteiger partial charge on any atom is 0.261 e. The van der Waals surface area contributed by atoms with E-state index in [9.17, 15) is 14.0 Å². The summed E-state index contributed by atoms with van der Waals surface area (Å²) in [5, 5.41) is 0.570. The van der Waals surface area contributed by atoms with Crippen LogP contribution in [0.4, 0.5) is 4.39 Å². The molecule has 0 bridgehead atoms. The average Bonchev–Trinajstić information content (AvgIpc) is 3.33. The van der Waals surface area contributed by atoms with E-state index < -0.39 is 0 Å². The van der Waals surface area contributed by atoms with Gasteiger partial charge in [-0.3, -0.25) is 19.1 Å². The van der Waals surface area contributed by atoms with Gasteiger partial charge in [-0.2, -0.15) is 0 Å². The van der Waals surface area contributed by atoms with Gasteiger partial charge < -0.3 is 4.90 Å². The summed E-state index contributed by atoms with van der Waals surface area (Å²) in [6, 6.07) is 18.0. The maximum absolute atomic E-state index is 13.5. The molecule has 4 aromatic rings. The molecule has 1 aliphatic heterocycles. The third kappa shape index (κ3) is 4.93. The minimum atomic E-state index is -0.227. The maximum atomic E-state index is 13.5. The molecule has 0 saturated carbocycles. The molecule has 2 aromatic heterocycles. The first-order valence-corrected chi connectivity index (χ1v) is 12.2. The van der Waals surface area contributed by atoms with E-state index in [1.165, 1.54) is 21.8 Å². The molecule has 0 radical (unpaired) electrons. The number of hydrogen-bond donors (Lipinski definition) is 0. The molecule has 0 aliphatic carbocycles. The Balaban J connectivity index is 1.13. The predicted octanol–water partition coefficient (Wildman–Crippen LogP) is 4.00. The van der Waals surface area contributed by atoms with Gasteiger partial charge in [0.2, 0.25) is 5.91 Å². The van der Waals surface area contributed by atoms with Crippen molar-refractivity contribution in [2.75, 3.05) is 26.2 Å². The molecule has 0 spiro atoms. The number of aryl methyl sites for hydroxylation is 1. The Morgan fingerprint density at radius 2 is 1.82 bits per heavy atom. The summed E-state index contributed by atoms with van der Waals surface area (Å²) in [7, 11) is 0. The molecule has 174 valence electrons. The zero-order chi connectivity index (χ0) is 23.5. The molecule has 1 aliphatic rings. The van der Waals surface area contributed by atoms with Gasteiger partial charge in [0.25, 0.3) is 5.56 Å². The van der Waals surface area contributed by atoms with E-state index in [0.29, 0.717) is 30.5 Å². The summed E-state index contributed by atoms with van der Waals surface area (Å²) in [5.74, 6) is -0.167. The van der Waals surface area contributed by atoms with E-state index in [2.05, 4.69) is 16.0 Å². The minimum Gasteiger partial charge on any atom is -0.340 e. The molecule has 6 nitrogen and oxygen atoms in total. The number of thiophene rings is 1. The van der Waals surface area contributed by atoms with Crippen LogP contribution in [-0.4, -0.2) is 51.4 Å². The number of para-hydroxylation sites is 1. The highest BCUT2D eigenvalue weighted by Crippen LogP contribution is 2.29. The van der Waals surface area contributed by atoms with Crippen LogP contribution in [0.1, 0.15) is 11.3 Å². The number of aromatic nitrogens is 2. The van der Waals surface area contributed by atoms with Crippen LogP contribution in [0, 0.1) is 5.82 Å². The molecule has 3 heterocycles. The van der Waals surface area contributed by atoms with Gasteiger partial charge in [-0.1, -0.05) is 24.3 Å². The quantitative estimate of drug-likeness (QED) is 0.422. The summed E-state index contributed by atoms with van der Waals surface area (Å²) in [6.07, 6.45) is 1.80. The van der Waals surface area contributed by atoms with Crippen LogP contribution in [0.15, 0.2) is 71.8 Å². The van der Waals surface area contributed by atoms with Crippen molar-refractivity contribution in [1.82, 2.24) is 19.4 Å². The van der Waals surface area contributed by atoms with Gasteiger partial charge in [-0.15, -0.1) is 11.3 Å². The lowest BCUT2D eigenvalue weighted by Gasteiger charge is -2.34. The molecule has 34 heavy (non-hydrogen) atoms. The smallest absolute Gasteiger partial charge is 0.261 e. The molecule has 0 unspecified atom stereocenters. The van der Waals surface area contributed by atoms with Crippen molar-refractivity contribution < 1.29 is 9.18 Å². The number of benzene rings is 2. The lowest BCUT2D eigenvalue weighted by Crippen LogP contribution is -2.48. The highest BCUT2D eigenvalue weighted by atomic mass is 32.1. The largest absolute Gasteiger partial charge is 0.340 e. The van der Waals surface area contributed by atoms with E-state index in [4.69, 9.17) is 0 Å². The summed E-state index contributed by atoms with van der Waals surface area (Å²) >= 11 is 1.68. The predicted molar refractivity (Wildman–Crippen MR) is 132 cm³/mol. The molecule has 8 heteroatoms. The van der Waals surface area contributed by atoms with E-state index in [0.717, 1.165) is 30.1 Å². The Bertz CT molecular complexity index is 1370. The number of piperazine rings is 1. The van der Waals surface area contributed by atoms with Gasteiger partial charge in [0.05, 0.1) is 17.2 Å². The number of rotatable bonds is 6. The molecule has 2 aromatic carbocycles. The molecule has 1 saturated heterocycles. The number of amides is 1. The van der Waals surface area contributed by atoms with Crippen LogP contribution >= 0.6 is 11.3 Å². The van der Waals surface area contributed by atoms with Crippen molar-refractivity contribution in [1.29, 1.82) is 0 Å². The molecular formula is C26H25FN4O2S. The summed E-state index contributed by atoms with van der Waals surface area (Å²) < 4.78 is 15.0.